The van der Waals surface area contributed by atoms with E-state index in [2.05, 4.69) is 17.1 Å². The highest BCUT2D eigenvalue weighted by atomic mass is 15.1. The lowest BCUT2D eigenvalue weighted by Gasteiger charge is -2.26. The fourth-order valence-electron chi connectivity index (χ4n) is 3.28. The highest BCUT2D eigenvalue weighted by Gasteiger charge is 2.08. The Kier molecular flexibility index (Phi) is 13.4. The highest BCUT2D eigenvalue weighted by Crippen LogP contribution is 2.10. The van der Waals surface area contributed by atoms with Gasteiger partial charge in [-0.2, -0.15) is 0 Å². The molecular formula is C19H40N2. The molecule has 1 fully saturated rings. The predicted molar refractivity (Wildman–Crippen MR) is 95.0 cm³/mol. The van der Waals surface area contributed by atoms with Crippen molar-refractivity contribution in [2.24, 2.45) is 0 Å². The molecule has 0 amide bonds. The molecule has 0 aliphatic carbocycles. The average molecular weight is 297 g/mol. The van der Waals surface area contributed by atoms with Gasteiger partial charge in [0.2, 0.25) is 0 Å². The van der Waals surface area contributed by atoms with E-state index in [1.165, 1.54) is 116 Å². The van der Waals surface area contributed by atoms with Crippen molar-refractivity contribution < 1.29 is 0 Å². The molecule has 1 rings (SSSR count). The molecule has 0 aromatic rings. The standard InChI is InChI=1S/C19H40N2/c1-2-3-4-5-6-7-8-9-10-12-15-20-16-19-21-17-13-11-14-18-21/h20H,2-19H2,1H3. The lowest BCUT2D eigenvalue weighted by molar-refractivity contribution is 0.229. The molecule has 0 aromatic heterocycles. The SMILES string of the molecule is CCCCCCCCCCCCNCCN1CCCCC1. The molecule has 0 atom stereocenters. The van der Waals surface area contributed by atoms with Crippen LogP contribution < -0.4 is 5.32 Å². The van der Waals surface area contributed by atoms with Crippen molar-refractivity contribution in [1.82, 2.24) is 10.2 Å². The van der Waals surface area contributed by atoms with E-state index in [1.54, 1.807) is 0 Å². The smallest absolute Gasteiger partial charge is 0.0107 e. The molecule has 1 N–H and O–H groups in total. The van der Waals surface area contributed by atoms with Crippen molar-refractivity contribution >= 4 is 0 Å². The molecular weight excluding hydrogens is 256 g/mol. The Labute approximate surface area is 134 Å². The molecule has 1 aliphatic heterocycles. The number of nitrogens with one attached hydrogen (secondary N) is 1. The van der Waals surface area contributed by atoms with E-state index < -0.39 is 0 Å². The van der Waals surface area contributed by atoms with E-state index in [0.29, 0.717) is 0 Å². The van der Waals surface area contributed by atoms with Crippen LogP contribution in [0.2, 0.25) is 0 Å². The minimum absolute atomic E-state index is 1.19. The Hall–Kier alpha value is -0.0800. The van der Waals surface area contributed by atoms with E-state index in [0.717, 1.165) is 0 Å². The van der Waals surface area contributed by atoms with Crippen LogP contribution in [-0.2, 0) is 0 Å². The second kappa shape index (κ2) is 14.8. The van der Waals surface area contributed by atoms with Gasteiger partial charge in [-0.3, -0.25) is 0 Å². The summed E-state index contributed by atoms with van der Waals surface area (Å²) in [7, 11) is 0. The van der Waals surface area contributed by atoms with E-state index in [1.807, 2.05) is 0 Å². The molecule has 0 spiro atoms. The number of unbranched alkanes of at least 4 members (excludes halogenated alkanes) is 9. The third kappa shape index (κ3) is 12.2. The summed E-state index contributed by atoms with van der Waals surface area (Å²) < 4.78 is 0. The van der Waals surface area contributed by atoms with Gasteiger partial charge in [-0.25, -0.2) is 0 Å². The van der Waals surface area contributed by atoms with Crippen molar-refractivity contribution in [3.05, 3.63) is 0 Å². The highest BCUT2D eigenvalue weighted by molar-refractivity contribution is 4.65. The summed E-state index contributed by atoms with van der Waals surface area (Å²) in [5.74, 6) is 0. The van der Waals surface area contributed by atoms with Crippen molar-refractivity contribution in [3.63, 3.8) is 0 Å². The molecule has 21 heavy (non-hydrogen) atoms. The Bertz CT molecular complexity index is 200. The van der Waals surface area contributed by atoms with Crippen LogP contribution in [0.1, 0.15) is 90.4 Å². The number of likely N-dealkylation sites (tertiary alicyclic amines) is 1. The van der Waals surface area contributed by atoms with Crippen LogP contribution in [-0.4, -0.2) is 37.6 Å². The van der Waals surface area contributed by atoms with Gasteiger partial charge in [-0.1, -0.05) is 71.1 Å². The normalized spacial score (nSPS) is 16.4. The molecule has 1 saturated heterocycles. The summed E-state index contributed by atoms with van der Waals surface area (Å²) >= 11 is 0. The van der Waals surface area contributed by atoms with E-state index >= 15 is 0 Å². The molecule has 2 heteroatoms. The molecule has 1 heterocycles. The van der Waals surface area contributed by atoms with E-state index in [9.17, 15) is 0 Å². The van der Waals surface area contributed by atoms with E-state index in [4.69, 9.17) is 0 Å². The maximum atomic E-state index is 3.62. The lowest BCUT2D eigenvalue weighted by Crippen LogP contribution is -2.36. The molecule has 2 nitrogen and oxygen atoms in total. The molecule has 0 unspecified atom stereocenters. The van der Waals surface area contributed by atoms with Gasteiger partial charge in [0.15, 0.2) is 0 Å². The summed E-state index contributed by atoms with van der Waals surface area (Å²) in [5, 5.41) is 3.62. The number of hydrogen-bond donors (Lipinski definition) is 1. The van der Waals surface area contributed by atoms with Gasteiger partial charge in [0.05, 0.1) is 0 Å². The number of piperidine rings is 1. The topological polar surface area (TPSA) is 15.3 Å². The molecule has 1 aliphatic rings. The zero-order valence-electron chi connectivity index (χ0n) is 14.7. The first-order chi connectivity index (χ1) is 10.4. The lowest BCUT2D eigenvalue weighted by atomic mass is 10.1. The van der Waals surface area contributed by atoms with Gasteiger partial charge in [-0.05, 0) is 38.9 Å². The second-order valence-corrected chi connectivity index (χ2v) is 6.83. The van der Waals surface area contributed by atoms with Gasteiger partial charge in [0.25, 0.3) is 0 Å². The Morgan fingerprint density at radius 3 is 1.86 bits per heavy atom. The number of nitrogens with zero attached hydrogens (tertiary/aromatic N) is 1. The van der Waals surface area contributed by atoms with Crippen LogP contribution in [0, 0.1) is 0 Å². The van der Waals surface area contributed by atoms with Crippen molar-refractivity contribution in [2.75, 3.05) is 32.7 Å². The summed E-state index contributed by atoms with van der Waals surface area (Å²) in [6.45, 7) is 8.64. The van der Waals surface area contributed by atoms with Crippen LogP contribution in [0.4, 0.5) is 0 Å². The van der Waals surface area contributed by atoms with E-state index in [-0.39, 0.29) is 0 Å². The minimum Gasteiger partial charge on any atom is -0.315 e. The van der Waals surface area contributed by atoms with Gasteiger partial charge < -0.3 is 10.2 Å². The zero-order chi connectivity index (χ0) is 15.0. The quantitative estimate of drug-likeness (QED) is 0.455. The van der Waals surface area contributed by atoms with Crippen LogP contribution in [0.5, 0.6) is 0 Å². The van der Waals surface area contributed by atoms with Gasteiger partial charge in [0.1, 0.15) is 0 Å². The van der Waals surface area contributed by atoms with Crippen molar-refractivity contribution in [1.29, 1.82) is 0 Å². The maximum absolute atomic E-state index is 3.62. The first kappa shape index (κ1) is 19.0. The Morgan fingerprint density at radius 2 is 1.24 bits per heavy atom. The fourth-order valence-corrected chi connectivity index (χ4v) is 3.28. The van der Waals surface area contributed by atoms with Gasteiger partial charge in [-0.15, -0.1) is 0 Å². The first-order valence-electron chi connectivity index (χ1n) is 9.86. The summed E-state index contributed by atoms with van der Waals surface area (Å²) in [5.41, 5.74) is 0. The van der Waals surface area contributed by atoms with Gasteiger partial charge >= 0.3 is 0 Å². The summed E-state index contributed by atoms with van der Waals surface area (Å²) in [4.78, 5) is 2.62. The van der Waals surface area contributed by atoms with Crippen molar-refractivity contribution in [2.45, 2.75) is 90.4 Å². The monoisotopic (exact) mass is 296 g/mol. The van der Waals surface area contributed by atoms with Crippen LogP contribution in [0.15, 0.2) is 0 Å². The zero-order valence-corrected chi connectivity index (χ0v) is 14.7. The predicted octanol–water partition coefficient (Wildman–Crippen LogP) is 4.98. The molecule has 0 aromatic carbocycles. The third-order valence-corrected chi connectivity index (χ3v) is 4.76. The molecule has 0 radical (unpaired) electrons. The minimum atomic E-state index is 1.19. The second-order valence-electron chi connectivity index (χ2n) is 6.83. The molecule has 126 valence electrons. The van der Waals surface area contributed by atoms with Crippen molar-refractivity contribution in [3.8, 4) is 0 Å². The Morgan fingerprint density at radius 1 is 0.667 bits per heavy atom. The fraction of sp³-hybridized carbons (Fsp3) is 1.00. The number of rotatable bonds is 14. The number of hydrogen-bond acceptors (Lipinski definition) is 2. The van der Waals surface area contributed by atoms with Crippen LogP contribution >= 0.6 is 0 Å². The summed E-state index contributed by atoms with van der Waals surface area (Å²) in [6.07, 6.45) is 18.6. The largest absolute Gasteiger partial charge is 0.315 e. The average Bonchev–Trinajstić information content (AvgIpc) is 2.53. The summed E-state index contributed by atoms with van der Waals surface area (Å²) in [6, 6.07) is 0. The van der Waals surface area contributed by atoms with Crippen LogP contribution in [0.3, 0.4) is 0 Å². The Balaban J connectivity index is 1.69. The first-order valence-corrected chi connectivity index (χ1v) is 9.86. The third-order valence-electron chi connectivity index (χ3n) is 4.76. The molecule has 0 saturated carbocycles. The van der Waals surface area contributed by atoms with Crippen LogP contribution in [0.25, 0.3) is 0 Å². The van der Waals surface area contributed by atoms with Gasteiger partial charge in [0, 0.05) is 13.1 Å². The molecule has 0 bridgehead atoms. The maximum Gasteiger partial charge on any atom is 0.0107 e.